The molecule has 33 heteroatoms. The Labute approximate surface area is 668 Å². The number of nitrogens with one attached hydrogen (secondary N) is 15. The lowest BCUT2D eigenvalue weighted by atomic mass is 9.99. The van der Waals surface area contributed by atoms with Crippen molar-refractivity contribution in [3.63, 3.8) is 0 Å². The molecule has 1 aliphatic rings. The van der Waals surface area contributed by atoms with Crippen molar-refractivity contribution in [3.05, 3.63) is 119 Å². The molecule has 11 amide bonds. The average molecular weight is 1590 g/mol. The van der Waals surface area contributed by atoms with Gasteiger partial charge in [0.15, 0.2) is 0 Å². The lowest BCUT2D eigenvalue weighted by molar-refractivity contribution is -0.137. The van der Waals surface area contributed by atoms with E-state index in [0.717, 1.165) is 36.0 Å². The number of carbonyl (C=O) groups excluding carboxylic acids is 11. The molecule has 114 heavy (non-hydrogen) atoms. The number of aromatic hydroxyl groups is 4. The van der Waals surface area contributed by atoms with Gasteiger partial charge in [-0.3, -0.25) is 52.7 Å². The molecule has 4 aromatic rings. The van der Waals surface area contributed by atoms with Crippen molar-refractivity contribution < 1.29 is 83.4 Å². The van der Waals surface area contributed by atoms with Crippen LogP contribution in [0.2, 0.25) is 0 Å². The lowest BCUT2D eigenvalue weighted by Gasteiger charge is -2.29. The van der Waals surface area contributed by atoms with Gasteiger partial charge in [-0.1, -0.05) is 109 Å². The smallest absolute Gasteiger partial charge is 0.245 e. The van der Waals surface area contributed by atoms with Gasteiger partial charge in [-0.25, -0.2) is 0 Å². The summed E-state index contributed by atoms with van der Waals surface area (Å²) >= 11 is 0. The molecule has 0 bridgehead atoms. The summed E-state index contributed by atoms with van der Waals surface area (Å²) in [4.78, 5) is 161. The Morgan fingerprint density at radius 2 is 0.904 bits per heavy atom. The highest BCUT2D eigenvalue weighted by molar-refractivity contribution is 5.99. The summed E-state index contributed by atoms with van der Waals surface area (Å²) in [5.41, 5.74) is 9.08. The van der Waals surface area contributed by atoms with E-state index >= 15 is 9.59 Å². The summed E-state index contributed by atoms with van der Waals surface area (Å²) in [5.74, 6) is -9.72. The van der Waals surface area contributed by atoms with Gasteiger partial charge in [0.2, 0.25) is 65.0 Å². The van der Waals surface area contributed by atoms with Gasteiger partial charge >= 0.3 is 0 Å². The highest BCUT2D eigenvalue weighted by Crippen LogP contribution is 2.18. The summed E-state index contributed by atoms with van der Waals surface area (Å²) < 4.78 is 0. The quantitative estimate of drug-likeness (QED) is 0.0272. The molecule has 1 fully saturated rings. The van der Waals surface area contributed by atoms with Gasteiger partial charge in [0.1, 0.15) is 83.4 Å². The molecule has 0 aliphatic carbocycles. The fraction of sp³-hybridized carbons (Fsp3) is 0.568. The second-order valence-corrected chi connectivity index (χ2v) is 30.2. The molecule has 1 aliphatic heterocycles. The zero-order valence-corrected chi connectivity index (χ0v) is 66.9. The number of hydrogen-bond acceptors (Lipinski definition) is 22. The van der Waals surface area contributed by atoms with Crippen LogP contribution in [0.4, 0.5) is 0 Å². The van der Waals surface area contributed by atoms with Crippen LogP contribution in [0.5, 0.6) is 23.0 Å². The van der Waals surface area contributed by atoms with Crippen LogP contribution in [-0.4, -0.2) is 208 Å². The number of benzene rings is 4. The topological polar surface area (TPSA) is 516 Å². The molecule has 1 unspecified atom stereocenters. The van der Waals surface area contributed by atoms with Crippen LogP contribution in [0.3, 0.4) is 0 Å². The third-order valence-corrected chi connectivity index (χ3v) is 19.3. The van der Waals surface area contributed by atoms with Gasteiger partial charge < -0.3 is 116 Å². The number of phenolic OH excluding ortho intramolecular Hbond substituents is 4. The highest BCUT2D eigenvalue weighted by atomic mass is 16.3. The van der Waals surface area contributed by atoms with Gasteiger partial charge in [-0.2, -0.15) is 0 Å². The minimum atomic E-state index is -1.76. The van der Waals surface area contributed by atoms with Crippen molar-refractivity contribution >= 4 is 65.0 Å². The summed E-state index contributed by atoms with van der Waals surface area (Å²) in [5, 5.41) is 105. The predicted octanol–water partition coefficient (Wildman–Crippen LogP) is 0.705. The van der Waals surface area contributed by atoms with E-state index in [9.17, 15) is 73.8 Å². The average Bonchev–Trinajstić information content (AvgIpc) is 0.981. The second-order valence-electron chi connectivity index (χ2n) is 30.2. The van der Waals surface area contributed by atoms with Crippen LogP contribution in [0.25, 0.3) is 0 Å². The first-order valence-corrected chi connectivity index (χ1v) is 39.6. The van der Waals surface area contributed by atoms with E-state index in [2.05, 4.69) is 93.6 Å². The minimum Gasteiger partial charge on any atom is -0.508 e. The molecule has 630 valence electrons. The lowest BCUT2D eigenvalue weighted by Crippen LogP contribution is -2.62. The number of aliphatic hydroxyl groups excluding tert-OH is 2. The van der Waals surface area contributed by atoms with E-state index in [1.54, 1.807) is 82.3 Å². The molecule has 33 nitrogen and oxygen atoms in total. The molecular weight excluding hydrogens is 1470 g/mol. The zero-order valence-electron chi connectivity index (χ0n) is 66.9. The van der Waals surface area contributed by atoms with E-state index in [-0.39, 0.29) is 139 Å². The van der Waals surface area contributed by atoms with E-state index in [1.165, 1.54) is 56.3 Å². The molecule has 0 saturated carbocycles. The summed E-state index contributed by atoms with van der Waals surface area (Å²) in [7, 11) is 0. The molecule has 5 rings (SSSR count). The highest BCUT2D eigenvalue weighted by Gasteiger charge is 2.38. The van der Waals surface area contributed by atoms with Gasteiger partial charge in [0, 0.05) is 39.1 Å². The van der Waals surface area contributed by atoms with Crippen molar-refractivity contribution in [1.29, 1.82) is 0 Å². The number of hydrogen-bond donors (Lipinski definition) is 22. The van der Waals surface area contributed by atoms with E-state index in [1.807, 2.05) is 0 Å². The molecule has 0 aromatic heterocycles. The number of carbonyl (C=O) groups is 11. The van der Waals surface area contributed by atoms with Crippen LogP contribution < -0.4 is 85.5 Å². The molecule has 13 atom stereocenters. The van der Waals surface area contributed by atoms with Crippen molar-refractivity contribution in [3.8, 4) is 23.0 Å². The fourth-order valence-electron chi connectivity index (χ4n) is 12.5. The first-order valence-electron chi connectivity index (χ1n) is 39.6. The van der Waals surface area contributed by atoms with Gasteiger partial charge in [-0.15, -0.1) is 0 Å². The first kappa shape index (κ1) is 94.6. The molecule has 23 N–H and O–H groups in total. The first-order chi connectivity index (χ1) is 54.3. The van der Waals surface area contributed by atoms with Gasteiger partial charge in [0.25, 0.3) is 0 Å². The van der Waals surface area contributed by atoms with Crippen molar-refractivity contribution in [1.82, 2.24) is 79.8 Å². The van der Waals surface area contributed by atoms with Crippen molar-refractivity contribution in [2.24, 2.45) is 23.5 Å². The Morgan fingerprint density at radius 3 is 1.35 bits per heavy atom. The Morgan fingerprint density at radius 1 is 0.465 bits per heavy atom. The van der Waals surface area contributed by atoms with Crippen LogP contribution in [-0.2, 0) is 78.9 Å². The minimum absolute atomic E-state index is 0.00738. The predicted molar refractivity (Wildman–Crippen MR) is 429 cm³/mol. The van der Waals surface area contributed by atoms with Crippen molar-refractivity contribution in [2.45, 2.75) is 238 Å². The van der Waals surface area contributed by atoms with Crippen molar-refractivity contribution in [2.75, 3.05) is 39.3 Å². The fourth-order valence-corrected chi connectivity index (χ4v) is 12.5. The van der Waals surface area contributed by atoms with Gasteiger partial charge in [-0.05, 0) is 193 Å². The third-order valence-electron chi connectivity index (χ3n) is 19.3. The van der Waals surface area contributed by atoms with E-state index in [4.69, 9.17) is 5.73 Å². The molecule has 1 saturated heterocycles. The monoisotopic (exact) mass is 1590 g/mol. The summed E-state index contributed by atoms with van der Waals surface area (Å²) in [6, 6.07) is 10.3. The molecular formula is C81H124N16O17. The number of aliphatic hydroxyl groups is 2. The van der Waals surface area contributed by atoms with Crippen LogP contribution in [0.1, 0.15) is 161 Å². The summed E-state index contributed by atoms with van der Waals surface area (Å²) in [6.45, 7) is 14.4. The standard InChI is InChI=1S/C81H124N16O17/c1-9-50(6)13-10-11-16-69(104)88-62(30-36-83-44-53-17-23-57(100)24-18-53)76(109)97-71(52(8)99)81(114)93-61(29-35-82)72(105)91-66-34-40-87-80(113)70(51(7)98)96-77(110)65(33-38-85-46-55-21-27-59(102)28-22-55)90-73(106)63(32-39-86-47-56-14-12-15-60(103)43-56)92-78(111)67(41-48(2)3)95-79(112)68(42-49(4)5)94-75(108)64(89-74(66)107)31-37-84-45-54-19-25-58(101)26-20-54/h12,14-15,17-28,43,48-52,61-68,70-71,83-86,98-103H,9-11,13,16,29-42,44-47,82H2,1-8H3,(H,87,113)(H,88,104)(H,89,107)(H,90,106)(H,91,105)(H,92,111)(H,93,114)(H,94,108)(H,95,112)(H,96,110)(H,97,109)/t50?,51-,52-,61+,62+,63+,64+,65+,66+,67+,68-,70+,71+/m1/s1. The molecule has 0 radical (unpaired) electrons. The number of unbranched alkanes of at least 4 members (excludes halogenated alkanes) is 1. The normalized spacial score (nSPS) is 20.0. The number of phenols is 4. The van der Waals surface area contributed by atoms with Crippen LogP contribution >= 0.6 is 0 Å². The zero-order chi connectivity index (χ0) is 83.8. The number of nitrogens with two attached hydrogens (primary N) is 1. The molecule has 0 spiro atoms. The van der Waals surface area contributed by atoms with Crippen LogP contribution in [0.15, 0.2) is 97.1 Å². The van der Waals surface area contributed by atoms with Gasteiger partial charge in [0.05, 0.1) is 12.2 Å². The number of amides is 11. The van der Waals surface area contributed by atoms with E-state index < -0.39 is 151 Å². The van der Waals surface area contributed by atoms with Crippen LogP contribution in [0, 0.1) is 17.8 Å². The molecule has 1 heterocycles. The molecule has 4 aromatic carbocycles. The number of rotatable bonds is 41. The SMILES string of the molecule is CCC(C)CCCCC(=O)N[C@@H](CCNCc1ccc(O)cc1)C(=O)N[C@H](C(=O)N[C@@H](CCN)C(=O)N[C@H]1CCNC(=O)[C@H]([C@@H](C)O)NC(=O)[C@H](CCNCc2ccc(O)cc2)NC(=O)[C@H](CCNCc2cccc(O)c2)NC(=O)[C@H](CC(C)C)NC(=O)[C@@H](CC(C)C)NC(=O)[C@H](CCNCc2ccc(O)cc2)NC1=O)[C@@H](C)O. The Balaban J connectivity index is 1.53. The Kier molecular flexibility index (Phi) is 41.7. The Bertz CT molecular complexity index is 3680. The maximum atomic E-state index is 15.2. The summed E-state index contributed by atoms with van der Waals surface area (Å²) in [6.07, 6.45) is -1.19. The van der Waals surface area contributed by atoms with E-state index in [0.29, 0.717) is 24.4 Å². The maximum absolute atomic E-state index is 15.2. The second kappa shape index (κ2) is 50.2. The largest absolute Gasteiger partial charge is 0.508 e. The third kappa shape index (κ3) is 35.2. The Hall–Kier alpha value is -10.0. The maximum Gasteiger partial charge on any atom is 0.245 e.